The van der Waals surface area contributed by atoms with Gasteiger partial charge in [-0.2, -0.15) is 0 Å². The van der Waals surface area contributed by atoms with Crippen molar-refractivity contribution < 1.29 is 14.6 Å². The molecule has 0 aromatic heterocycles. The Morgan fingerprint density at radius 3 is 2.73 bits per heavy atom. The van der Waals surface area contributed by atoms with Crippen molar-refractivity contribution in [2.45, 2.75) is 19.8 Å². The van der Waals surface area contributed by atoms with E-state index in [0.717, 1.165) is 5.56 Å². The van der Waals surface area contributed by atoms with Gasteiger partial charge in [0.15, 0.2) is 0 Å². The average molecular weight is 229 g/mol. The maximum absolute atomic E-state index is 10.8. The third-order valence-corrected chi connectivity index (χ3v) is 2.22. The number of carbonyl (C=O) groups excluding carboxylic acids is 1. The fourth-order valence-electron chi connectivity index (χ4n) is 1.20. The number of ether oxygens (including phenoxy) is 1. The standard InChI is InChI=1S/C11H13ClO3/c1-7(6-13)9-3-10(12)5-11(4-9)15-8(2)14/h3-5,7,13H,6H2,1-2H3. The molecule has 82 valence electrons. The summed E-state index contributed by atoms with van der Waals surface area (Å²) in [7, 11) is 0. The Hall–Kier alpha value is -1.06. The molecule has 0 radical (unpaired) electrons. The van der Waals surface area contributed by atoms with Crippen molar-refractivity contribution in [3.8, 4) is 5.75 Å². The van der Waals surface area contributed by atoms with Crippen LogP contribution in [-0.2, 0) is 4.79 Å². The van der Waals surface area contributed by atoms with E-state index in [1.165, 1.54) is 6.92 Å². The number of hydrogen-bond donors (Lipinski definition) is 1. The molecule has 0 spiro atoms. The number of hydrogen-bond acceptors (Lipinski definition) is 3. The van der Waals surface area contributed by atoms with E-state index in [4.69, 9.17) is 21.4 Å². The number of aliphatic hydroxyl groups is 1. The largest absolute Gasteiger partial charge is 0.427 e. The first kappa shape index (κ1) is 12.0. The maximum Gasteiger partial charge on any atom is 0.308 e. The van der Waals surface area contributed by atoms with E-state index in [-0.39, 0.29) is 18.5 Å². The van der Waals surface area contributed by atoms with E-state index < -0.39 is 0 Å². The number of carbonyl (C=O) groups is 1. The van der Waals surface area contributed by atoms with Crippen molar-refractivity contribution in [3.05, 3.63) is 28.8 Å². The third kappa shape index (κ3) is 3.53. The Morgan fingerprint density at radius 2 is 2.20 bits per heavy atom. The minimum atomic E-state index is -0.389. The molecule has 0 bridgehead atoms. The lowest BCUT2D eigenvalue weighted by Crippen LogP contribution is -2.04. The summed E-state index contributed by atoms with van der Waals surface area (Å²) in [5.41, 5.74) is 0.848. The molecule has 0 amide bonds. The zero-order chi connectivity index (χ0) is 11.4. The summed E-state index contributed by atoms with van der Waals surface area (Å²) in [6.07, 6.45) is 0. The van der Waals surface area contributed by atoms with E-state index in [1.54, 1.807) is 18.2 Å². The van der Waals surface area contributed by atoms with Crippen LogP contribution in [0.25, 0.3) is 0 Å². The first-order valence-corrected chi connectivity index (χ1v) is 5.00. The van der Waals surface area contributed by atoms with Crippen molar-refractivity contribution in [2.24, 2.45) is 0 Å². The molecule has 1 unspecified atom stereocenters. The van der Waals surface area contributed by atoms with Crippen molar-refractivity contribution >= 4 is 17.6 Å². The molecule has 4 heteroatoms. The molecule has 3 nitrogen and oxygen atoms in total. The van der Waals surface area contributed by atoms with Gasteiger partial charge in [-0.15, -0.1) is 0 Å². The maximum atomic E-state index is 10.8. The average Bonchev–Trinajstić information content (AvgIpc) is 2.14. The number of benzene rings is 1. The number of esters is 1. The molecule has 0 saturated carbocycles. The van der Waals surface area contributed by atoms with Gasteiger partial charge in [-0.3, -0.25) is 4.79 Å². The number of rotatable bonds is 3. The molecule has 1 rings (SSSR count). The highest BCUT2D eigenvalue weighted by molar-refractivity contribution is 6.30. The highest BCUT2D eigenvalue weighted by Crippen LogP contribution is 2.25. The summed E-state index contributed by atoms with van der Waals surface area (Å²) in [6, 6.07) is 5.01. The van der Waals surface area contributed by atoms with Gasteiger partial charge in [0.05, 0.1) is 0 Å². The smallest absolute Gasteiger partial charge is 0.308 e. The fourth-order valence-corrected chi connectivity index (χ4v) is 1.43. The second kappa shape index (κ2) is 5.14. The van der Waals surface area contributed by atoms with Crippen LogP contribution in [0.2, 0.25) is 5.02 Å². The van der Waals surface area contributed by atoms with Gasteiger partial charge >= 0.3 is 5.97 Å². The van der Waals surface area contributed by atoms with Crippen LogP contribution in [0.5, 0.6) is 5.75 Å². The topological polar surface area (TPSA) is 46.5 Å². The zero-order valence-electron chi connectivity index (χ0n) is 8.66. The molecular weight excluding hydrogens is 216 g/mol. The van der Waals surface area contributed by atoms with Gasteiger partial charge in [0.25, 0.3) is 0 Å². The summed E-state index contributed by atoms with van der Waals surface area (Å²) in [5, 5.41) is 9.49. The Labute approximate surface area is 93.6 Å². The van der Waals surface area contributed by atoms with Crippen LogP contribution in [0.4, 0.5) is 0 Å². The first-order valence-electron chi connectivity index (χ1n) is 4.62. The monoisotopic (exact) mass is 228 g/mol. The molecule has 0 aliphatic heterocycles. The Bertz CT molecular complexity index is 363. The van der Waals surface area contributed by atoms with Crippen LogP contribution in [0.1, 0.15) is 25.3 Å². The zero-order valence-corrected chi connectivity index (χ0v) is 9.41. The molecule has 1 aromatic rings. The molecule has 1 N–H and O–H groups in total. The Balaban J connectivity index is 2.99. The molecule has 15 heavy (non-hydrogen) atoms. The van der Waals surface area contributed by atoms with Crippen LogP contribution in [0.3, 0.4) is 0 Å². The fraction of sp³-hybridized carbons (Fsp3) is 0.364. The summed E-state index contributed by atoms with van der Waals surface area (Å²) in [5.74, 6) is -0.0109. The normalized spacial score (nSPS) is 12.3. The van der Waals surface area contributed by atoms with Crippen molar-refractivity contribution in [2.75, 3.05) is 6.61 Å². The van der Waals surface area contributed by atoms with E-state index >= 15 is 0 Å². The highest BCUT2D eigenvalue weighted by atomic mass is 35.5. The molecule has 0 saturated heterocycles. The lowest BCUT2D eigenvalue weighted by molar-refractivity contribution is -0.131. The second-order valence-corrected chi connectivity index (χ2v) is 3.83. The minimum Gasteiger partial charge on any atom is -0.427 e. The molecule has 0 aliphatic rings. The van der Waals surface area contributed by atoms with Crippen LogP contribution in [0, 0.1) is 0 Å². The quantitative estimate of drug-likeness (QED) is 0.638. The summed E-state index contributed by atoms with van der Waals surface area (Å²) in [4.78, 5) is 10.8. The Kier molecular flexibility index (Phi) is 4.12. The molecule has 0 fully saturated rings. The van der Waals surface area contributed by atoms with Gasteiger partial charge < -0.3 is 9.84 Å². The van der Waals surface area contributed by atoms with Crippen LogP contribution >= 0.6 is 11.6 Å². The highest BCUT2D eigenvalue weighted by Gasteiger charge is 2.08. The van der Waals surface area contributed by atoms with Crippen molar-refractivity contribution in [1.82, 2.24) is 0 Å². The molecule has 0 heterocycles. The van der Waals surface area contributed by atoms with E-state index in [2.05, 4.69) is 0 Å². The third-order valence-electron chi connectivity index (χ3n) is 2.00. The number of aliphatic hydroxyl groups excluding tert-OH is 1. The Morgan fingerprint density at radius 1 is 1.53 bits per heavy atom. The molecule has 0 aliphatic carbocycles. The first-order chi connectivity index (χ1) is 7.02. The lowest BCUT2D eigenvalue weighted by Gasteiger charge is -2.10. The number of halogens is 1. The SMILES string of the molecule is CC(=O)Oc1cc(Cl)cc(C(C)CO)c1. The minimum absolute atomic E-state index is 0.0276. The van der Waals surface area contributed by atoms with Gasteiger partial charge in [-0.05, 0) is 23.8 Å². The molecule has 1 atom stereocenters. The predicted molar refractivity (Wildman–Crippen MR) is 58.3 cm³/mol. The van der Waals surface area contributed by atoms with E-state index in [0.29, 0.717) is 10.8 Å². The van der Waals surface area contributed by atoms with Gasteiger partial charge in [-0.1, -0.05) is 18.5 Å². The van der Waals surface area contributed by atoms with Crippen LogP contribution < -0.4 is 4.74 Å². The van der Waals surface area contributed by atoms with E-state index in [9.17, 15) is 4.79 Å². The second-order valence-electron chi connectivity index (χ2n) is 3.40. The van der Waals surface area contributed by atoms with Gasteiger partial charge in [-0.25, -0.2) is 0 Å². The lowest BCUT2D eigenvalue weighted by atomic mass is 10.0. The summed E-state index contributed by atoms with van der Waals surface area (Å²) < 4.78 is 4.93. The van der Waals surface area contributed by atoms with Gasteiger partial charge in [0.1, 0.15) is 5.75 Å². The van der Waals surface area contributed by atoms with E-state index in [1.807, 2.05) is 6.92 Å². The van der Waals surface area contributed by atoms with Crippen molar-refractivity contribution in [3.63, 3.8) is 0 Å². The van der Waals surface area contributed by atoms with Gasteiger partial charge in [0.2, 0.25) is 0 Å². The van der Waals surface area contributed by atoms with Crippen molar-refractivity contribution in [1.29, 1.82) is 0 Å². The predicted octanol–water partition coefficient (Wildman–Crippen LogP) is 2.36. The van der Waals surface area contributed by atoms with Crippen LogP contribution in [-0.4, -0.2) is 17.7 Å². The summed E-state index contributed by atoms with van der Waals surface area (Å²) in [6.45, 7) is 3.22. The summed E-state index contributed by atoms with van der Waals surface area (Å²) >= 11 is 5.86. The van der Waals surface area contributed by atoms with Gasteiger partial charge in [0, 0.05) is 24.5 Å². The van der Waals surface area contributed by atoms with Crippen LogP contribution in [0.15, 0.2) is 18.2 Å². The molecule has 1 aromatic carbocycles. The molecular formula is C11H13ClO3.